The van der Waals surface area contributed by atoms with Crippen LogP contribution in [0.5, 0.6) is 0 Å². The molecule has 2 unspecified atom stereocenters. The molecule has 6 nitrogen and oxygen atoms in total. The predicted molar refractivity (Wildman–Crippen MR) is 101 cm³/mol. The highest BCUT2D eigenvalue weighted by Gasteiger charge is 2.29. The zero-order chi connectivity index (χ0) is 18.8. The second kappa shape index (κ2) is 7.44. The number of nitrogens with zero attached hydrogens (tertiary/aromatic N) is 5. The lowest BCUT2D eigenvalue weighted by atomic mass is 9.92. The van der Waals surface area contributed by atoms with Crippen molar-refractivity contribution < 1.29 is 9.50 Å². The van der Waals surface area contributed by atoms with Gasteiger partial charge >= 0.3 is 0 Å². The molecule has 1 N–H and O–H groups in total. The van der Waals surface area contributed by atoms with E-state index in [0.29, 0.717) is 18.1 Å². The molecule has 3 heterocycles. The highest BCUT2D eigenvalue weighted by molar-refractivity contribution is 5.59. The van der Waals surface area contributed by atoms with Gasteiger partial charge in [-0.15, -0.1) is 10.2 Å². The van der Waals surface area contributed by atoms with Gasteiger partial charge < -0.3 is 14.6 Å². The number of anilines is 1. The molecule has 1 aliphatic heterocycles. The van der Waals surface area contributed by atoms with Gasteiger partial charge in [-0.2, -0.15) is 0 Å². The molecule has 0 radical (unpaired) electrons. The van der Waals surface area contributed by atoms with Gasteiger partial charge in [-0.1, -0.05) is 0 Å². The molecule has 7 heteroatoms. The number of halogens is 1. The summed E-state index contributed by atoms with van der Waals surface area (Å²) < 4.78 is 14.9. The van der Waals surface area contributed by atoms with Crippen LogP contribution in [-0.2, 0) is 7.05 Å². The topological polar surface area (TPSA) is 67.1 Å². The van der Waals surface area contributed by atoms with E-state index >= 15 is 0 Å². The van der Waals surface area contributed by atoms with Crippen LogP contribution in [-0.4, -0.2) is 37.9 Å². The first-order valence-electron chi connectivity index (χ1n) is 9.12. The maximum absolute atomic E-state index is 13.1. The van der Waals surface area contributed by atoms with Crippen LogP contribution in [0.4, 0.5) is 10.2 Å². The molecule has 2 atom stereocenters. The van der Waals surface area contributed by atoms with Crippen molar-refractivity contribution in [3.63, 3.8) is 0 Å². The maximum atomic E-state index is 13.1. The summed E-state index contributed by atoms with van der Waals surface area (Å²) in [6.07, 6.45) is 4.88. The van der Waals surface area contributed by atoms with Gasteiger partial charge in [0.15, 0.2) is 5.82 Å². The Morgan fingerprint density at radius 3 is 2.63 bits per heavy atom. The van der Waals surface area contributed by atoms with Crippen molar-refractivity contribution in [2.24, 2.45) is 13.0 Å². The number of rotatable bonds is 4. The number of aryl methyl sites for hydroxylation is 1. The molecule has 0 amide bonds. The molecule has 1 fully saturated rings. The van der Waals surface area contributed by atoms with E-state index in [1.54, 1.807) is 18.3 Å². The smallest absolute Gasteiger partial charge is 0.151 e. The van der Waals surface area contributed by atoms with E-state index in [1.165, 1.54) is 12.1 Å². The van der Waals surface area contributed by atoms with Gasteiger partial charge in [-0.3, -0.25) is 0 Å². The summed E-state index contributed by atoms with van der Waals surface area (Å²) in [5.41, 5.74) is 1.54. The van der Waals surface area contributed by atoms with Crippen molar-refractivity contribution in [3.05, 3.63) is 60.4 Å². The molecule has 1 saturated heterocycles. The number of hydrogen-bond acceptors (Lipinski definition) is 5. The molecular weight excluding hydrogens is 345 g/mol. The van der Waals surface area contributed by atoms with E-state index in [2.05, 4.69) is 20.1 Å². The second-order valence-electron chi connectivity index (χ2n) is 6.97. The lowest BCUT2D eigenvalue weighted by Crippen LogP contribution is -2.39. The van der Waals surface area contributed by atoms with Crippen LogP contribution in [0.25, 0.3) is 11.3 Å². The molecule has 0 aliphatic carbocycles. The normalized spacial score (nSPS) is 18.5. The van der Waals surface area contributed by atoms with Crippen molar-refractivity contribution in [2.75, 3.05) is 18.0 Å². The molecule has 0 saturated carbocycles. The Bertz CT molecular complexity index is 893. The summed E-state index contributed by atoms with van der Waals surface area (Å²) in [5.74, 6) is 1.31. The third kappa shape index (κ3) is 3.68. The molecular formula is C20H22FN5O. The first-order valence-corrected chi connectivity index (χ1v) is 9.12. The number of aliphatic hydroxyl groups is 1. The fraction of sp³-hybridized carbons (Fsp3) is 0.350. The predicted octanol–water partition coefficient (Wildman–Crippen LogP) is 2.97. The number of imidazole rings is 1. The van der Waals surface area contributed by atoms with Gasteiger partial charge in [0.05, 0.1) is 5.69 Å². The standard InChI is InChI=1S/C20H22FN5O/c1-25-12-10-22-20(25)19(27)15-3-2-11-26(13-15)18-9-8-17(23-24-18)14-4-6-16(21)7-5-14/h4-10,12,15,19,27H,2-3,11,13H2,1H3. The monoisotopic (exact) mass is 367 g/mol. The van der Waals surface area contributed by atoms with E-state index < -0.39 is 6.10 Å². The lowest BCUT2D eigenvalue weighted by molar-refractivity contribution is 0.0873. The fourth-order valence-corrected chi connectivity index (χ4v) is 3.62. The zero-order valence-corrected chi connectivity index (χ0v) is 15.2. The van der Waals surface area contributed by atoms with Crippen LogP contribution < -0.4 is 4.90 Å². The Labute approximate surface area is 157 Å². The van der Waals surface area contributed by atoms with Crippen LogP contribution in [0.15, 0.2) is 48.8 Å². The molecule has 1 aliphatic rings. The number of aromatic nitrogens is 4. The summed E-state index contributed by atoms with van der Waals surface area (Å²) in [6, 6.07) is 10.0. The first kappa shape index (κ1) is 17.6. The highest BCUT2D eigenvalue weighted by atomic mass is 19.1. The van der Waals surface area contributed by atoms with Gasteiger partial charge in [0.1, 0.15) is 17.7 Å². The maximum Gasteiger partial charge on any atom is 0.151 e. The van der Waals surface area contributed by atoms with Crippen molar-refractivity contribution in [3.8, 4) is 11.3 Å². The Morgan fingerprint density at radius 1 is 1.15 bits per heavy atom. The van der Waals surface area contributed by atoms with Crippen LogP contribution in [0.2, 0.25) is 0 Å². The SMILES string of the molecule is Cn1ccnc1C(O)C1CCCN(c2ccc(-c3ccc(F)cc3)nn2)C1. The van der Waals surface area contributed by atoms with Gasteiger partial charge in [-0.25, -0.2) is 9.37 Å². The van der Waals surface area contributed by atoms with Gasteiger partial charge in [-0.05, 0) is 49.2 Å². The highest BCUT2D eigenvalue weighted by Crippen LogP contribution is 2.30. The quantitative estimate of drug-likeness (QED) is 0.768. The number of aliphatic hydroxyl groups excluding tert-OH is 1. The van der Waals surface area contributed by atoms with Gasteiger partial charge in [0.25, 0.3) is 0 Å². The first-order chi connectivity index (χ1) is 13.1. The summed E-state index contributed by atoms with van der Waals surface area (Å²) in [7, 11) is 1.89. The average Bonchev–Trinajstić information content (AvgIpc) is 3.14. The van der Waals surface area contributed by atoms with Gasteiger partial charge in [0, 0.05) is 44.0 Å². The Kier molecular flexibility index (Phi) is 4.85. The minimum atomic E-state index is -0.598. The summed E-state index contributed by atoms with van der Waals surface area (Å²) in [4.78, 5) is 6.43. The Hall–Kier alpha value is -2.80. The van der Waals surface area contributed by atoms with E-state index in [1.807, 2.05) is 29.9 Å². The number of benzene rings is 1. The second-order valence-corrected chi connectivity index (χ2v) is 6.97. The number of piperidine rings is 1. The van der Waals surface area contributed by atoms with Crippen molar-refractivity contribution in [1.82, 2.24) is 19.7 Å². The van der Waals surface area contributed by atoms with E-state index in [-0.39, 0.29) is 11.7 Å². The molecule has 140 valence electrons. The van der Waals surface area contributed by atoms with Crippen LogP contribution >= 0.6 is 0 Å². The van der Waals surface area contributed by atoms with E-state index in [9.17, 15) is 9.50 Å². The third-order valence-corrected chi connectivity index (χ3v) is 5.14. The molecule has 0 spiro atoms. The van der Waals surface area contributed by atoms with Gasteiger partial charge in [0.2, 0.25) is 0 Å². The molecule has 1 aromatic carbocycles. The summed E-state index contributed by atoms with van der Waals surface area (Å²) >= 11 is 0. The molecule has 2 aromatic heterocycles. The average molecular weight is 367 g/mol. The minimum absolute atomic E-state index is 0.0958. The summed E-state index contributed by atoms with van der Waals surface area (Å²) in [5, 5.41) is 19.4. The molecule has 0 bridgehead atoms. The molecule has 3 aromatic rings. The summed E-state index contributed by atoms with van der Waals surface area (Å²) in [6.45, 7) is 1.59. The zero-order valence-electron chi connectivity index (χ0n) is 15.2. The molecule has 4 rings (SSSR count). The van der Waals surface area contributed by atoms with Crippen LogP contribution in [0.3, 0.4) is 0 Å². The lowest BCUT2D eigenvalue weighted by Gasteiger charge is -2.35. The minimum Gasteiger partial charge on any atom is -0.385 e. The van der Waals surface area contributed by atoms with Crippen molar-refractivity contribution in [2.45, 2.75) is 18.9 Å². The Balaban J connectivity index is 1.48. The Morgan fingerprint density at radius 2 is 1.96 bits per heavy atom. The van der Waals surface area contributed by atoms with Crippen molar-refractivity contribution >= 4 is 5.82 Å². The number of hydrogen-bond donors (Lipinski definition) is 1. The van der Waals surface area contributed by atoms with Crippen LogP contribution in [0.1, 0.15) is 24.8 Å². The molecule has 27 heavy (non-hydrogen) atoms. The van der Waals surface area contributed by atoms with Crippen LogP contribution in [0, 0.1) is 11.7 Å². The van der Waals surface area contributed by atoms with Crippen molar-refractivity contribution in [1.29, 1.82) is 0 Å². The largest absolute Gasteiger partial charge is 0.385 e. The van der Waals surface area contributed by atoms with E-state index in [0.717, 1.165) is 30.8 Å². The third-order valence-electron chi connectivity index (χ3n) is 5.14. The fourth-order valence-electron chi connectivity index (χ4n) is 3.62. The van der Waals surface area contributed by atoms with E-state index in [4.69, 9.17) is 0 Å².